The Morgan fingerprint density at radius 1 is 1.19 bits per heavy atom. The summed E-state index contributed by atoms with van der Waals surface area (Å²) in [5.41, 5.74) is 2.54. The van der Waals surface area contributed by atoms with Crippen molar-refractivity contribution in [2.75, 3.05) is 0 Å². The van der Waals surface area contributed by atoms with Gasteiger partial charge in [-0.1, -0.05) is 44.0 Å². The predicted molar refractivity (Wildman–Crippen MR) is 73.0 cm³/mol. The minimum Gasteiger partial charge on any atom is -0.469 e. The molecule has 2 rings (SSSR count). The first-order valence-electron chi connectivity index (χ1n) is 5.09. The Morgan fingerprint density at radius 3 is 2.44 bits per heavy atom. The molecule has 0 aliphatic rings. The third-order valence-electron chi connectivity index (χ3n) is 2.56. The van der Waals surface area contributed by atoms with Gasteiger partial charge in [0.05, 0.1) is 6.26 Å². The minimum absolute atomic E-state index is 0.312. The average Bonchev–Trinajstić information content (AvgIpc) is 2.68. The van der Waals surface area contributed by atoms with Crippen LogP contribution < -0.4 is 0 Å². The highest BCUT2D eigenvalue weighted by atomic mass is 79.9. The number of hydrogen-bond donors (Lipinski definition) is 0. The van der Waals surface area contributed by atoms with Crippen LogP contribution >= 0.6 is 31.9 Å². The summed E-state index contributed by atoms with van der Waals surface area (Å²) >= 11 is 7.13. The van der Waals surface area contributed by atoms with Gasteiger partial charge in [-0.05, 0) is 37.1 Å². The van der Waals surface area contributed by atoms with Crippen LogP contribution in [-0.2, 0) is 6.42 Å². The molecule has 0 bridgehead atoms. The molecule has 0 saturated heterocycles. The van der Waals surface area contributed by atoms with Gasteiger partial charge in [-0.2, -0.15) is 0 Å². The van der Waals surface area contributed by atoms with Crippen molar-refractivity contribution in [1.29, 1.82) is 0 Å². The van der Waals surface area contributed by atoms with E-state index in [2.05, 4.69) is 56.1 Å². The SMILES string of the molecule is Cc1occc1C(Br)Cc1ccc(Br)cc1. The Kier molecular flexibility index (Phi) is 3.87. The molecule has 0 amide bonds. The molecule has 1 nitrogen and oxygen atoms in total. The van der Waals surface area contributed by atoms with Gasteiger partial charge in [-0.25, -0.2) is 0 Å². The van der Waals surface area contributed by atoms with Crippen LogP contribution in [-0.4, -0.2) is 0 Å². The molecule has 1 heterocycles. The summed E-state index contributed by atoms with van der Waals surface area (Å²) in [5, 5.41) is 0. The van der Waals surface area contributed by atoms with Gasteiger partial charge < -0.3 is 4.42 Å². The lowest BCUT2D eigenvalue weighted by molar-refractivity contribution is 0.529. The first-order valence-corrected chi connectivity index (χ1v) is 6.80. The van der Waals surface area contributed by atoms with Gasteiger partial charge in [0, 0.05) is 14.9 Å². The summed E-state index contributed by atoms with van der Waals surface area (Å²) in [6, 6.07) is 10.4. The Balaban J connectivity index is 2.10. The van der Waals surface area contributed by atoms with Crippen LogP contribution in [0.2, 0.25) is 0 Å². The number of rotatable bonds is 3. The van der Waals surface area contributed by atoms with Crippen LogP contribution in [0.15, 0.2) is 45.5 Å². The molecule has 2 aromatic rings. The van der Waals surface area contributed by atoms with E-state index in [0.717, 1.165) is 16.7 Å². The number of furan rings is 1. The van der Waals surface area contributed by atoms with Crippen LogP contribution in [0.5, 0.6) is 0 Å². The zero-order chi connectivity index (χ0) is 11.5. The van der Waals surface area contributed by atoms with Gasteiger partial charge in [0.2, 0.25) is 0 Å². The molecule has 1 unspecified atom stereocenters. The van der Waals surface area contributed by atoms with E-state index >= 15 is 0 Å². The third kappa shape index (κ3) is 2.77. The summed E-state index contributed by atoms with van der Waals surface area (Å²) in [6.45, 7) is 1.99. The maximum atomic E-state index is 5.30. The molecule has 1 aromatic heterocycles. The van der Waals surface area contributed by atoms with Crippen molar-refractivity contribution in [1.82, 2.24) is 0 Å². The van der Waals surface area contributed by atoms with Gasteiger partial charge in [-0.3, -0.25) is 0 Å². The predicted octanol–water partition coefficient (Wildman–Crippen LogP) is 5.03. The summed E-state index contributed by atoms with van der Waals surface area (Å²) < 4.78 is 6.42. The lowest BCUT2D eigenvalue weighted by Crippen LogP contribution is -1.95. The molecule has 0 fully saturated rings. The Morgan fingerprint density at radius 2 is 1.88 bits per heavy atom. The quantitative estimate of drug-likeness (QED) is 0.712. The van der Waals surface area contributed by atoms with E-state index in [1.165, 1.54) is 11.1 Å². The lowest BCUT2D eigenvalue weighted by atomic mass is 10.1. The number of halogens is 2. The van der Waals surface area contributed by atoms with E-state index in [1.807, 2.05) is 13.0 Å². The van der Waals surface area contributed by atoms with Crippen molar-refractivity contribution in [3.63, 3.8) is 0 Å². The number of hydrogen-bond acceptors (Lipinski definition) is 1. The maximum absolute atomic E-state index is 5.30. The second-order valence-corrected chi connectivity index (χ2v) is 5.75. The molecule has 1 aromatic carbocycles. The molecule has 0 N–H and O–H groups in total. The standard InChI is InChI=1S/C13H12Br2O/c1-9-12(6-7-16-9)13(15)8-10-2-4-11(14)5-3-10/h2-7,13H,8H2,1H3. The molecule has 0 aliphatic carbocycles. The average molecular weight is 344 g/mol. The maximum Gasteiger partial charge on any atom is 0.105 e. The molecule has 16 heavy (non-hydrogen) atoms. The van der Waals surface area contributed by atoms with Crippen molar-refractivity contribution in [2.45, 2.75) is 18.2 Å². The topological polar surface area (TPSA) is 13.1 Å². The minimum atomic E-state index is 0.312. The summed E-state index contributed by atoms with van der Waals surface area (Å²) in [4.78, 5) is 0.312. The van der Waals surface area contributed by atoms with E-state index in [4.69, 9.17) is 4.42 Å². The highest BCUT2D eigenvalue weighted by molar-refractivity contribution is 9.10. The molecular weight excluding hydrogens is 332 g/mol. The number of benzene rings is 1. The normalized spacial score (nSPS) is 12.7. The van der Waals surface area contributed by atoms with Gasteiger partial charge in [0.15, 0.2) is 0 Å². The first kappa shape index (κ1) is 11.9. The molecule has 3 heteroatoms. The van der Waals surface area contributed by atoms with E-state index in [-0.39, 0.29) is 0 Å². The Labute approximate surface area is 112 Å². The van der Waals surface area contributed by atoms with Crippen LogP contribution in [0.3, 0.4) is 0 Å². The Hall–Kier alpha value is -0.540. The van der Waals surface area contributed by atoms with Crippen LogP contribution in [0, 0.1) is 6.92 Å². The fourth-order valence-corrected chi connectivity index (χ4v) is 2.77. The molecule has 0 spiro atoms. The van der Waals surface area contributed by atoms with Crippen LogP contribution in [0.1, 0.15) is 21.7 Å². The van der Waals surface area contributed by atoms with E-state index < -0.39 is 0 Å². The smallest absolute Gasteiger partial charge is 0.105 e. The van der Waals surface area contributed by atoms with Gasteiger partial charge in [0.1, 0.15) is 5.76 Å². The van der Waals surface area contributed by atoms with Crippen molar-refractivity contribution in [2.24, 2.45) is 0 Å². The zero-order valence-corrected chi connectivity index (χ0v) is 12.1. The number of alkyl halides is 1. The third-order valence-corrected chi connectivity index (χ3v) is 3.91. The van der Waals surface area contributed by atoms with Crippen molar-refractivity contribution in [3.05, 3.63) is 58.0 Å². The van der Waals surface area contributed by atoms with Crippen molar-refractivity contribution >= 4 is 31.9 Å². The summed E-state index contributed by atoms with van der Waals surface area (Å²) in [6.07, 6.45) is 2.70. The van der Waals surface area contributed by atoms with Crippen molar-refractivity contribution in [3.8, 4) is 0 Å². The van der Waals surface area contributed by atoms with Crippen molar-refractivity contribution < 1.29 is 4.42 Å². The van der Waals surface area contributed by atoms with Crippen LogP contribution in [0.4, 0.5) is 0 Å². The molecule has 0 saturated carbocycles. The fraction of sp³-hybridized carbons (Fsp3) is 0.231. The van der Waals surface area contributed by atoms with Gasteiger partial charge >= 0.3 is 0 Å². The molecular formula is C13H12Br2O. The monoisotopic (exact) mass is 342 g/mol. The Bertz CT molecular complexity index is 459. The lowest BCUT2D eigenvalue weighted by Gasteiger charge is -2.08. The molecule has 1 atom stereocenters. The van der Waals surface area contributed by atoms with Gasteiger partial charge in [-0.15, -0.1) is 0 Å². The number of aryl methyl sites for hydroxylation is 1. The zero-order valence-electron chi connectivity index (χ0n) is 8.91. The van der Waals surface area contributed by atoms with E-state index in [9.17, 15) is 0 Å². The second kappa shape index (κ2) is 5.19. The highest BCUT2D eigenvalue weighted by Crippen LogP contribution is 2.30. The highest BCUT2D eigenvalue weighted by Gasteiger charge is 2.12. The molecule has 84 valence electrons. The second-order valence-electron chi connectivity index (χ2n) is 3.73. The van der Waals surface area contributed by atoms with E-state index in [0.29, 0.717) is 4.83 Å². The fourth-order valence-electron chi connectivity index (χ4n) is 1.66. The van der Waals surface area contributed by atoms with E-state index in [1.54, 1.807) is 6.26 Å². The largest absolute Gasteiger partial charge is 0.469 e. The summed E-state index contributed by atoms with van der Waals surface area (Å²) in [7, 11) is 0. The first-order chi connectivity index (χ1) is 7.66. The molecule has 0 radical (unpaired) electrons. The van der Waals surface area contributed by atoms with Crippen LogP contribution in [0.25, 0.3) is 0 Å². The van der Waals surface area contributed by atoms with Gasteiger partial charge in [0.25, 0.3) is 0 Å². The molecule has 0 aliphatic heterocycles. The summed E-state index contributed by atoms with van der Waals surface area (Å²) in [5.74, 6) is 0.985.